The summed E-state index contributed by atoms with van der Waals surface area (Å²) < 4.78 is 5.24. The zero-order chi connectivity index (χ0) is 13.2. The third-order valence-corrected chi connectivity index (χ3v) is 2.37. The summed E-state index contributed by atoms with van der Waals surface area (Å²) in [6.45, 7) is 3.62. The molecule has 4 heteroatoms. The molecule has 0 saturated heterocycles. The molecule has 0 heterocycles. The van der Waals surface area contributed by atoms with Gasteiger partial charge in [-0.1, -0.05) is 19.1 Å². The van der Waals surface area contributed by atoms with Gasteiger partial charge in [0, 0.05) is 19.6 Å². The largest absolute Gasteiger partial charge is 0.381 e. The van der Waals surface area contributed by atoms with E-state index in [4.69, 9.17) is 10.00 Å². The van der Waals surface area contributed by atoms with Gasteiger partial charge in [0.15, 0.2) is 0 Å². The highest BCUT2D eigenvalue weighted by molar-refractivity contribution is 5.75. The summed E-state index contributed by atoms with van der Waals surface area (Å²) in [5.41, 5.74) is 1.53. The van der Waals surface area contributed by atoms with Crippen molar-refractivity contribution in [3.05, 3.63) is 35.4 Å². The molecule has 0 atom stereocenters. The summed E-state index contributed by atoms with van der Waals surface area (Å²) in [5.74, 6) is -0.0338. The highest BCUT2D eigenvalue weighted by Crippen LogP contribution is 2.03. The van der Waals surface area contributed by atoms with Crippen molar-refractivity contribution in [3.8, 4) is 6.07 Å². The Bertz CT molecular complexity index is 424. The van der Waals surface area contributed by atoms with Crippen LogP contribution in [0.4, 0.5) is 0 Å². The first kappa shape index (κ1) is 14.2. The number of nitrogens with one attached hydrogen (secondary N) is 1. The van der Waals surface area contributed by atoms with Crippen LogP contribution < -0.4 is 5.32 Å². The Kier molecular flexibility index (Phi) is 6.52. The molecule has 0 radical (unpaired) electrons. The number of amides is 1. The second kappa shape index (κ2) is 8.26. The van der Waals surface area contributed by atoms with Gasteiger partial charge in [0.25, 0.3) is 0 Å². The molecule has 0 fully saturated rings. The van der Waals surface area contributed by atoms with E-state index in [0.29, 0.717) is 31.7 Å². The topological polar surface area (TPSA) is 62.1 Å². The Balaban J connectivity index is 2.27. The number of ether oxygens (including phenoxy) is 1. The molecule has 0 bridgehead atoms. The van der Waals surface area contributed by atoms with Gasteiger partial charge in [-0.2, -0.15) is 5.26 Å². The molecule has 96 valence electrons. The van der Waals surface area contributed by atoms with Crippen molar-refractivity contribution in [1.29, 1.82) is 5.26 Å². The molecule has 0 spiro atoms. The van der Waals surface area contributed by atoms with Crippen LogP contribution >= 0.6 is 0 Å². The van der Waals surface area contributed by atoms with Gasteiger partial charge in [-0.3, -0.25) is 4.79 Å². The van der Waals surface area contributed by atoms with Crippen LogP contribution in [0.25, 0.3) is 0 Å². The van der Waals surface area contributed by atoms with Crippen LogP contribution in [0.3, 0.4) is 0 Å². The van der Waals surface area contributed by atoms with Crippen molar-refractivity contribution >= 4 is 5.91 Å². The van der Waals surface area contributed by atoms with Crippen LogP contribution in [-0.2, 0) is 16.1 Å². The second-order valence-corrected chi connectivity index (χ2v) is 3.95. The van der Waals surface area contributed by atoms with Gasteiger partial charge in [0.2, 0.25) is 5.91 Å². The lowest BCUT2D eigenvalue weighted by molar-refractivity contribution is -0.122. The maximum absolute atomic E-state index is 11.5. The predicted molar refractivity (Wildman–Crippen MR) is 68.7 cm³/mol. The number of nitrogens with zero attached hydrogens (tertiary/aromatic N) is 1. The number of carbonyl (C=O) groups excluding carboxylic acids is 1. The summed E-state index contributed by atoms with van der Waals surface area (Å²) in [6, 6.07) is 9.28. The van der Waals surface area contributed by atoms with E-state index < -0.39 is 0 Å². The molecular formula is C14H18N2O2. The van der Waals surface area contributed by atoms with E-state index in [1.807, 2.05) is 19.1 Å². The normalized spacial score (nSPS) is 9.78. The van der Waals surface area contributed by atoms with Gasteiger partial charge < -0.3 is 10.1 Å². The Labute approximate surface area is 108 Å². The smallest absolute Gasteiger partial charge is 0.222 e. The lowest BCUT2D eigenvalue weighted by Crippen LogP contribution is -2.24. The van der Waals surface area contributed by atoms with Crippen LogP contribution in [0.5, 0.6) is 0 Å². The highest BCUT2D eigenvalue weighted by Gasteiger charge is 2.01. The molecule has 0 aromatic heterocycles. The lowest BCUT2D eigenvalue weighted by Gasteiger charge is -2.06. The van der Waals surface area contributed by atoms with E-state index in [2.05, 4.69) is 11.4 Å². The Morgan fingerprint density at radius 2 is 2.28 bits per heavy atom. The number of hydrogen-bond donors (Lipinski definition) is 1. The maximum atomic E-state index is 11.5. The number of nitriles is 1. The average molecular weight is 246 g/mol. The van der Waals surface area contributed by atoms with Gasteiger partial charge in [0.1, 0.15) is 0 Å². The fourth-order valence-electron chi connectivity index (χ4n) is 1.45. The van der Waals surface area contributed by atoms with E-state index in [9.17, 15) is 4.79 Å². The number of rotatable bonds is 7. The van der Waals surface area contributed by atoms with Crippen molar-refractivity contribution in [2.45, 2.75) is 26.3 Å². The molecule has 0 aliphatic carbocycles. The predicted octanol–water partition coefficient (Wildman–Crippen LogP) is 1.99. The van der Waals surface area contributed by atoms with E-state index >= 15 is 0 Å². The van der Waals surface area contributed by atoms with Gasteiger partial charge in [0.05, 0.1) is 18.2 Å². The molecule has 1 rings (SSSR count). The monoisotopic (exact) mass is 246 g/mol. The summed E-state index contributed by atoms with van der Waals surface area (Å²) in [7, 11) is 0. The summed E-state index contributed by atoms with van der Waals surface area (Å²) in [5, 5.41) is 11.6. The fraction of sp³-hybridized carbons (Fsp3) is 0.429. The minimum Gasteiger partial charge on any atom is -0.381 e. The zero-order valence-corrected chi connectivity index (χ0v) is 10.6. The third kappa shape index (κ3) is 5.46. The molecule has 0 saturated carbocycles. The van der Waals surface area contributed by atoms with E-state index in [0.717, 1.165) is 12.0 Å². The summed E-state index contributed by atoms with van der Waals surface area (Å²) >= 11 is 0. The zero-order valence-electron chi connectivity index (χ0n) is 10.6. The number of hydrogen-bond acceptors (Lipinski definition) is 3. The minimum absolute atomic E-state index is 0.0338. The Morgan fingerprint density at radius 3 is 3.00 bits per heavy atom. The van der Waals surface area contributed by atoms with E-state index in [1.54, 1.807) is 12.1 Å². The van der Waals surface area contributed by atoms with Gasteiger partial charge in [-0.05, 0) is 24.1 Å². The molecule has 1 amide bonds. The molecule has 1 aromatic carbocycles. The maximum Gasteiger partial charge on any atom is 0.222 e. The number of benzene rings is 1. The van der Waals surface area contributed by atoms with Crippen molar-refractivity contribution < 1.29 is 9.53 Å². The van der Waals surface area contributed by atoms with Crippen LogP contribution in [0.15, 0.2) is 24.3 Å². The van der Waals surface area contributed by atoms with Gasteiger partial charge in [-0.15, -0.1) is 0 Å². The van der Waals surface area contributed by atoms with Crippen LogP contribution in [-0.4, -0.2) is 19.1 Å². The molecule has 0 unspecified atom stereocenters. The van der Waals surface area contributed by atoms with Crippen LogP contribution in [0.2, 0.25) is 0 Å². The summed E-state index contributed by atoms with van der Waals surface area (Å²) in [4.78, 5) is 11.5. The van der Waals surface area contributed by atoms with Crippen molar-refractivity contribution in [2.24, 2.45) is 0 Å². The second-order valence-electron chi connectivity index (χ2n) is 3.95. The first-order valence-corrected chi connectivity index (χ1v) is 6.09. The average Bonchev–Trinajstić information content (AvgIpc) is 2.41. The highest BCUT2D eigenvalue weighted by atomic mass is 16.5. The summed E-state index contributed by atoms with van der Waals surface area (Å²) in [6.07, 6.45) is 1.33. The minimum atomic E-state index is -0.0338. The van der Waals surface area contributed by atoms with E-state index in [1.165, 1.54) is 0 Å². The molecule has 1 aromatic rings. The Hall–Kier alpha value is -1.86. The fourth-order valence-corrected chi connectivity index (χ4v) is 1.45. The quantitative estimate of drug-likeness (QED) is 0.748. The first-order chi connectivity index (χ1) is 8.76. The van der Waals surface area contributed by atoms with Crippen LogP contribution in [0.1, 0.15) is 30.9 Å². The lowest BCUT2D eigenvalue weighted by atomic mass is 10.1. The molecule has 0 aliphatic rings. The molecule has 0 aliphatic heterocycles. The molecule has 4 nitrogen and oxygen atoms in total. The van der Waals surface area contributed by atoms with Crippen molar-refractivity contribution in [2.75, 3.05) is 13.2 Å². The van der Waals surface area contributed by atoms with Gasteiger partial charge in [-0.25, -0.2) is 0 Å². The standard InChI is InChI=1S/C14H18N2O2/c1-2-7-18-8-6-14(17)16-11-13-5-3-4-12(9-13)10-15/h3-5,9H,2,6-8,11H2,1H3,(H,16,17). The first-order valence-electron chi connectivity index (χ1n) is 6.09. The SMILES string of the molecule is CCCOCCC(=O)NCc1cccc(C#N)c1. The molecular weight excluding hydrogens is 228 g/mol. The van der Waals surface area contributed by atoms with Crippen molar-refractivity contribution in [1.82, 2.24) is 5.32 Å². The van der Waals surface area contributed by atoms with Gasteiger partial charge >= 0.3 is 0 Å². The Morgan fingerprint density at radius 1 is 1.44 bits per heavy atom. The molecule has 1 N–H and O–H groups in total. The van der Waals surface area contributed by atoms with Crippen molar-refractivity contribution in [3.63, 3.8) is 0 Å². The molecule has 18 heavy (non-hydrogen) atoms. The van der Waals surface area contributed by atoms with E-state index in [-0.39, 0.29) is 5.91 Å². The third-order valence-electron chi connectivity index (χ3n) is 2.37. The van der Waals surface area contributed by atoms with Crippen LogP contribution in [0, 0.1) is 11.3 Å². The number of carbonyl (C=O) groups is 1.